The largest absolute Gasteiger partial charge is 0.392 e. The van der Waals surface area contributed by atoms with E-state index < -0.39 is 42.2 Å². The minimum absolute atomic E-state index is 0.338. The number of ether oxygens (including phenoxy) is 5. The van der Waals surface area contributed by atoms with Crippen LogP contribution in [0.3, 0.4) is 0 Å². The highest BCUT2D eigenvalue weighted by Crippen LogP contribution is 2.44. The predicted octanol–water partition coefficient (Wildman–Crippen LogP) is 0.0910. The summed E-state index contributed by atoms with van der Waals surface area (Å²) in [5.41, 5.74) is 6.08. The number of nitrogens with two attached hydrogens (primary N) is 1. The van der Waals surface area contributed by atoms with Crippen molar-refractivity contribution in [2.45, 2.75) is 89.0 Å². The number of aliphatic hydroxyl groups excluding tert-OH is 1. The van der Waals surface area contributed by atoms with Gasteiger partial charge in [-0.1, -0.05) is 0 Å². The van der Waals surface area contributed by atoms with Crippen LogP contribution >= 0.6 is 0 Å². The lowest BCUT2D eigenvalue weighted by Gasteiger charge is -2.40. The highest BCUT2D eigenvalue weighted by Gasteiger charge is 2.61. The van der Waals surface area contributed by atoms with Gasteiger partial charge in [0.2, 0.25) is 0 Å². The molecule has 3 fully saturated rings. The van der Waals surface area contributed by atoms with Gasteiger partial charge in [0.1, 0.15) is 24.4 Å². The minimum atomic E-state index is -0.750. The van der Waals surface area contributed by atoms with Crippen LogP contribution in [0.4, 0.5) is 0 Å². The van der Waals surface area contributed by atoms with Gasteiger partial charge in [0, 0.05) is 0 Å². The van der Waals surface area contributed by atoms with Gasteiger partial charge in [0.25, 0.3) is 0 Å². The second kappa shape index (κ2) is 4.86. The van der Waals surface area contributed by atoms with Gasteiger partial charge in [-0.05, 0) is 34.6 Å². The quantitative estimate of drug-likeness (QED) is 0.747. The van der Waals surface area contributed by atoms with E-state index in [1.54, 1.807) is 6.92 Å². The maximum Gasteiger partial charge on any atom is 0.190 e. The summed E-state index contributed by atoms with van der Waals surface area (Å²) in [6.45, 7) is 8.97. The Morgan fingerprint density at radius 3 is 2.05 bits per heavy atom. The summed E-state index contributed by atoms with van der Waals surface area (Å²) in [4.78, 5) is 0. The summed E-state index contributed by atoms with van der Waals surface area (Å²) >= 11 is 0. The second-order valence-corrected chi connectivity index (χ2v) is 6.95. The van der Waals surface area contributed by atoms with Crippen LogP contribution in [0.5, 0.6) is 0 Å². The standard InChI is InChI=1S/C14H25NO6/c1-6(16)7(15)8-9-10(19-13(2,3)18-9)11-12(17-8)21-14(4,5)20-11/h6-12,16H,15H2,1-5H3/t6-,7-,8-,9+,10+,11-,12-/m1/s1. The van der Waals surface area contributed by atoms with Crippen LogP contribution in [-0.2, 0) is 23.7 Å². The Hall–Kier alpha value is -0.280. The van der Waals surface area contributed by atoms with Crippen molar-refractivity contribution in [3.8, 4) is 0 Å². The Kier molecular flexibility index (Phi) is 3.61. The number of hydrogen-bond donors (Lipinski definition) is 2. The molecule has 7 atom stereocenters. The topological polar surface area (TPSA) is 92.4 Å². The molecule has 122 valence electrons. The first-order valence-electron chi connectivity index (χ1n) is 7.40. The third-order valence-corrected chi connectivity index (χ3v) is 4.13. The molecule has 0 aliphatic carbocycles. The molecule has 3 aliphatic rings. The summed E-state index contributed by atoms with van der Waals surface area (Å²) in [6.07, 6.45) is -2.93. The third kappa shape index (κ3) is 2.72. The van der Waals surface area contributed by atoms with E-state index in [1.165, 1.54) is 0 Å². The molecule has 21 heavy (non-hydrogen) atoms. The summed E-state index contributed by atoms with van der Waals surface area (Å²) in [6, 6.07) is -0.594. The fraction of sp³-hybridized carbons (Fsp3) is 1.00. The smallest absolute Gasteiger partial charge is 0.190 e. The number of hydrogen-bond acceptors (Lipinski definition) is 7. The van der Waals surface area contributed by atoms with Crippen LogP contribution in [0, 0.1) is 0 Å². The zero-order valence-electron chi connectivity index (χ0n) is 13.1. The SMILES string of the molecule is C[C@@H](O)[C@@H](N)[C@H]1O[C@@H]2OC(C)(C)O[C@@H]2[C@H]2OC(C)(C)O[C@H]21. The van der Waals surface area contributed by atoms with Gasteiger partial charge in [-0.3, -0.25) is 0 Å². The fourth-order valence-corrected chi connectivity index (χ4v) is 3.23. The Morgan fingerprint density at radius 2 is 1.43 bits per heavy atom. The lowest BCUT2D eigenvalue weighted by molar-refractivity contribution is -0.241. The van der Waals surface area contributed by atoms with Crippen LogP contribution in [0.1, 0.15) is 34.6 Å². The first-order valence-corrected chi connectivity index (χ1v) is 7.40. The molecule has 0 radical (unpaired) electrons. The highest BCUT2D eigenvalue weighted by atomic mass is 16.9. The summed E-state index contributed by atoms with van der Waals surface area (Å²) in [5, 5.41) is 9.79. The molecule has 7 nitrogen and oxygen atoms in total. The molecule has 0 unspecified atom stereocenters. The number of aliphatic hydroxyl groups is 1. The van der Waals surface area contributed by atoms with E-state index in [0.29, 0.717) is 0 Å². The average Bonchev–Trinajstić information content (AvgIpc) is 2.81. The molecule has 0 aromatic carbocycles. The number of rotatable bonds is 2. The van der Waals surface area contributed by atoms with E-state index >= 15 is 0 Å². The summed E-state index contributed by atoms with van der Waals surface area (Å²) in [5.74, 6) is -1.50. The van der Waals surface area contributed by atoms with Gasteiger partial charge in [-0.2, -0.15) is 0 Å². The van der Waals surface area contributed by atoms with E-state index in [0.717, 1.165) is 0 Å². The molecule has 0 amide bonds. The molecule has 3 aliphatic heterocycles. The average molecular weight is 303 g/mol. The lowest BCUT2D eigenvalue weighted by Crippen LogP contribution is -2.62. The molecular formula is C14H25NO6. The van der Waals surface area contributed by atoms with Crippen LogP contribution in [0.25, 0.3) is 0 Å². The Labute approximate surface area is 124 Å². The van der Waals surface area contributed by atoms with Crippen molar-refractivity contribution in [3.05, 3.63) is 0 Å². The van der Waals surface area contributed by atoms with Crippen molar-refractivity contribution in [3.63, 3.8) is 0 Å². The maximum absolute atomic E-state index is 9.79. The van der Waals surface area contributed by atoms with E-state index in [-0.39, 0.29) is 12.2 Å². The summed E-state index contributed by atoms with van der Waals surface area (Å²) < 4.78 is 29.5. The molecule has 3 rings (SSSR count). The van der Waals surface area contributed by atoms with Gasteiger partial charge < -0.3 is 34.5 Å². The van der Waals surface area contributed by atoms with E-state index in [4.69, 9.17) is 29.4 Å². The van der Waals surface area contributed by atoms with Crippen LogP contribution < -0.4 is 5.73 Å². The first kappa shape index (κ1) is 15.6. The molecule has 7 heteroatoms. The molecule has 0 spiro atoms. The predicted molar refractivity (Wildman–Crippen MR) is 72.2 cm³/mol. The Morgan fingerprint density at radius 1 is 0.905 bits per heavy atom. The van der Waals surface area contributed by atoms with Gasteiger partial charge >= 0.3 is 0 Å². The highest BCUT2D eigenvalue weighted by molar-refractivity contribution is 5.03. The monoisotopic (exact) mass is 303 g/mol. The van der Waals surface area contributed by atoms with Gasteiger partial charge in [-0.25, -0.2) is 0 Å². The lowest BCUT2D eigenvalue weighted by atomic mass is 9.92. The molecular weight excluding hydrogens is 278 g/mol. The zero-order valence-corrected chi connectivity index (χ0v) is 13.1. The molecule has 0 aromatic heterocycles. The van der Waals surface area contributed by atoms with E-state index in [2.05, 4.69) is 0 Å². The maximum atomic E-state index is 9.79. The summed E-state index contributed by atoms with van der Waals surface area (Å²) in [7, 11) is 0. The van der Waals surface area contributed by atoms with Crippen LogP contribution in [-0.4, -0.2) is 59.5 Å². The number of fused-ring (bicyclic) bond motifs is 3. The molecule has 3 saturated heterocycles. The van der Waals surface area contributed by atoms with Gasteiger partial charge in [0.05, 0.1) is 12.1 Å². The molecule has 0 aromatic rings. The Balaban J connectivity index is 1.88. The van der Waals surface area contributed by atoms with Crippen molar-refractivity contribution in [1.82, 2.24) is 0 Å². The van der Waals surface area contributed by atoms with E-state index in [1.807, 2.05) is 27.7 Å². The van der Waals surface area contributed by atoms with Crippen molar-refractivity contribution < 1.29 is 28.8 Å². The fourth-order valence-electron chi connectivity index (χ4n) is 3.23. The van der Waals surface area contributed by atoms with Crippen molar-refractivity contribution >= 4 is 0 Å². The van der Waals surface area contributed by atoms with Crippen LogP contribution in [0.15, 0.2) is 0 Å². The minimum Gasteiger partial charge on any atom is -0.392 e. The second-order valence-electron chi connectivity index (χ2n) is 6.95. The molecule has 3 N–H and O–H groups in total. The first-order chi connectivity index (χ1) is 9.60. The zero-order chi connectivity index (χ0) is 15.6. The molecule has 0 bridgehead atoms. The van der Waals surface area contributed by atoms with Crippen LogP contribution in [0.2, 0.25) is 0 Å². The third-order valence-electron chi connectivity index (χ3n) is 4.13. The van der Waals surface area contributed by atoms with Gasteiger partial charge in [-0.15, -0.1) is 0 Å². The van der Waals surface area contributed by atoms with Crippen molar-refractivity contribution in [1.29, 1.82) is 0 Å². The molecule has 3 heterocycles. The van der Waals surface area contributed by atoms with Crippen molar-refractivity contribution in [2.75, 3.05) is 0 Å². The molecule has 0 saturated carbocycles. The van der Waals surface area contributed by atoms with Gasteiger partial charge in [0.15, 0.2) is 17.9 Å². The van der Waals surface area contributed by atoms with Crippen molar-refractivity contribution in [2.24, 2.45) is 5.73 Å². The Bertz CT molecular complexity index is 402. The van der Waals surface area contributed by atoms with E-state index in [9.17, 15) is 5.11 Å². The normalized spacial score (nSPS) is 46.7.